The number of hydrogen-bond acceptors (Lipinski definition) is 5. The number of carbonyl (C=O) groups excluding carboxylic acids is 2. The molecule has 0 unspecified atom stereocenters. The van der Waals surface area contributed by atoms with Crippen molar-refractivity contribution in [1.29, 1.82) is 0 Å². The van der Waals surface area contributed by atoms with Crippen molar-refractivity contribution in [2.24, 2.45) is 34.2 Å². The molecule has 3 fully saturated rings. The van der Waals surface area contributed by atoms with Gasteiger partial charge >= 0.3 is 0 Å². The number of imide groups is 1. The summed E-state index contributed by atoms with van der Waals surface area (Å²) in [6, 6.07) is 11.1. The Hall–Kier alpha value is -2.39. The molecule has 6 nitrogen and oxygen atoms in total. The van der Waals surface area contributed by atoms with Gasteiger partial charge in [-0.25, -0.2) is 0 Å². The topological polar surface area (TPSA) is 68.2 Å². The van der Waals surface area contributed by atoms with Gasteiger partial charge in [-0.15, -0.1) is 0 Å². The predicted octanol–water partition coefficient (Wildman–Crippen LogP) is 5.06. The van der Waals surface area contributed by atoms with Gasteiger partial charge in [0.25, 0.3) is 11.8 Å². The van der Waals surface area contributed by atoms with Gasteiger partial charge in [-0.05, 0) is 88.1 Å². The highest BCUT2D eigenvalue weighted by Gasteiger charge is 2.73. The van der Waals surface area contributed by atoms with Gasteiger partial charge in [-0.2, -0.15) is 10.1 Å². The van der Waals surface area contributed by atoms with Crippen LogP contribution in [-0.2, 0) is 16.2 Å². The molecule has 1 heterocycles. The van der Waals surface area contributed by atoms with E-state index in [1.807, 2.05) is 30.3 Å². The summed E-state index contributed by atoms with van der Waals surface area (Å²) in [6.45, 7) is 0.369. The molecule has 2 bridgehead atoms. The number of nitrogens with zero attached hydrogens (tertiary/aromatic N) is 2. The van der Waals surface area contributed by atoms with Gasteiger partial charge in [-0.1, -0.05) is 35.9 Å². The van der Waals surface area contributed by atoms with Crippen LogP contribution in [0.1, 0.15) is 24.0 Å². The van der Waals surface area contributed by atoms with E-state index in [2.05, 4.69) is 39.8 Å². The van der Waals surface area contributed by atoms with E-state index >= 15 is 0 Å². The lowest BCUT2D eigenvalue weighted by atomic mass is 9.85. The molecule has 4 atom stereocenters. The molecule has 0 radical (unpaired) electrons. The number of carbonyl (C=O) groups is 2. The Balaban J connectivity index is 1.20. The summed E-state index contributed by atoms with van der Waals surface area (Å²) in [4.78, 5) is 26.2. The minimum absolute atomic E-state index is 0.168. The molecular weight excluding hydrogens is 567 g/mol. The second kappa shape index (κ2) is 8.09. The molecule has 8 heteroatoms. The van der Waals surface area contributed by atoms with E-state index in [1.165, 1.54) is 0 Å². The van der Waals surface area contributed by atoms with Crippen LogP contribution in [-0.4, -0.2) is 30.1 Å². The highest BCUT2D eigenvalue weighted by molar-refractivity contribution is 14.1. The first-order valence-electron chi connectivity index (χ1n) is 11.3. The predicted molar refractivity (Wildman–Crippen MR) is 136 cm³/mol. The van der Waals surface area contributed by atoms with Gasteiger partial charge in [-0.3, -0.25) is 9.59 Å². The van der Waals surface area contributed by atoms with Crippen LogP contribution in [0, 0.1) is 32.7 Å². The number of allylic oxidation sites excluding steroid dienone is 2. The van der Waals surface area contributed by atoms with Crippen LogP contribution in [0.5, 0.6) is 11.5 Å². The smallest absolute Gasteiger partial charge is 0.254 e. The second-order valence-corrected chi connectivity index (χ2v) is 11.0. The van der Waals surface area contributed by atoms with Gasteiger partial charge in [0.15, 0.2) is 11.5 Å². The Morgan fingerprint density at radius 1 is 1.12 bits per heavy atom. The van der Waals surface area contributed by atoms with E-state index in [0.717, 1.165) is 32.5 Å². The maximum Gasteiger partial charge on any atom is 0.254 e. The number of hydrazone groups is 1. The molecule has 1 saturated heterocycles. The summed E-state index contributed by atoms with van der Waals surface area (Å²) in [7, 11) is 1.58. The van der Waals surface area contributed by atoms with E-state index in [-0.39, 0.29) is 40.9 Å². The Labute approximate surface area is 216 Å². The number of halogens is 2. The van der Waals surface area contributed by atoms with Gasteiger partial charge in [0, 0.05) is 5.02 Å². The summed E-state index contributed by atoms with van der Waals surface area (Å²) in [5, 5.41) is 6.08. The molecule has 4 aliphatic rings. The number of amides is 2. The molecule has 2 saturated carbocycles. The molecular formula is C26H22ClIN2O4. The Bertz CT molecular complexity index is 1220. The van der Waals surface area contributed by atoms with Crippen LogP contribution in [0.15, 0.2) is 53.7 Å². The molecule has 2 aromatic carbocycles. The molecule has 2 amide bonds. The molecule has 0 N–H and O–H groups in total. The zero-order valence-electron chi connectivity index (χ0n) is 18.4. The first-order valence-corrected chi connectivity index (χ1v) is 12.7. The fraction of sp³-hybridized carbons (Fsp3) is 0.346. The summed E-state index contributed by atoms with van der Waals surface area (Å²) < 4.78 is 12.4. The van der Waals surface area contributed by atoms with Gasteiger partial charge < -0.3 is 9.47 Å². The molecule has 1 aliphatic heterocycles. The van der Waals surface area contributed by atoms with Gasteiger partial charge in [0.2, 0.25) is 0 Å². The molecule has 1 spiro atoms. The average molecular weight is 589 g/mol. The number of fused-ring (bicyclic) bond motifs is 3. The molecule has 174 valence electrons. The van der Waals surface area contributed by atoms with Crippen LogP contribution in [0.4, 0.5) is 0 Å². The largest absolute Gasteiger partial charge is 0.493 e. The van der Waals surface area contributed by atoms with E-state index in [9.17, 15) is 9.59 Å². The van der Waals surface area contributed by atoms with E-state index in [4.69, 9.17) is 21.1 Å². The Morgan fingerprint density at radius 2 is 1.76 bits per heavy atom. The molecule has 3 aliphatic carbocycles. The minimum atomic E-state index is -0.250. The molecule has 2 aromatic rings. The Morgan fingerprint density at radius 3 is 2.35 bits per heavy atom. The van der Waals surface area contributed by atoms with Crippen LogP contribution in [0.2, 0.25) is 5.02 Å². The lowest BCUT2D eigenvalue weighted by Gasteiger charge is -2.18. The van der Waals surface area contributed by atoms with Crippen molar-refractivity contribution in [2.45, 2.75) is 19.4 Å². The van der Waals surface area contributed by atoms with Crippen molar-refractivity contribution < 1.29 is 19.1 Å². The summed E-state index contributed by atoms with van der Waals surface area (Å²) >= 11 is 8.13. The molecule has 0 aromatic heterocycles. The number of ether oxygens (including phenoxy) is 2. The van der Waals surface area contributed by atoms with Crippen LogP contribution >= 0.6 is 34.2 Å². The van der Waals surface area contributed by atoms with E-state index in [0.29, 0.717) is 23.1 Å². The van der Waals surface area contributed by atoms with Gasteiger partial charge in [0.1, 0.15) is 6.61 Å². The first kappa shape index (κ1) is 22.1. The monoisotopic (exact) mass is 588 g/mol. The number of benzene rings is 2. The third-order valence-electron chi connectivity index (χ3n) is 7.70. The zero-order valence-corrected chi connectivity index (χ0v) is 21.3. The van der Waals surface area contributed by atoms with Crippen LogP contribution in [0.3, 0.4) is 0 Å². The standard InChI is InChI=1S/C26H22ClIN2O4/c1-33-20-11-15(10-19(28)23(20)34-13-14-2-4-16(27)5-3-14)12-29-30-24(31)21-17-6-7-18(22(21)25(30)32)26(17)8-9-26/h2-7,10-12,17-18,21-22H,8-9,13H2,1H3/b29-12-/t17-,18-,21-,22+/m1/s1. The van der Waals surface area contributed by atoms with Crippen molar-refractivity contribution in [1.82, 2.24) is 5.01 Å². The SMILES string of the molecule is COc1cc(/C=N\N2C(=O)[C@@H]3[C@H](C2=O)[C@H]2C=C[C@H]3C23CC3)cc(I)c1OCc1ccc(Cl)cc1. The second-order valence-electron chi connectivity index (χ2n) is 9.40. The first-order chi connectivity index (χ1) is 16.4. The van der Waals surface area contributed by atoms with Crippen molar-refractivity contribution >= 4 is 52.2 Å². The van der Waals surface area contributed by atoms with E-state index in [1.54, 1.807) is 19.4 Å². The summed E-state index contributed by atoms with van der Waals surface area (Å²) in [6.07, 6.45) is 8.11. The molecule has 34 heavy (non-hydrogen) atoms. The van der Waals surface area contributed by atoms with Crippen molar-refractivity contribution in [3.05, 3.63) is 68.3 Å². The third-order valence-corrected chi connectivity index (χ3v) is 8.75. The maximum absolute atomic E-state index is 13.1. The maximum atomic E-state index is 13.1. The fourth-order valence-corrected chi connectivity index (χ4v) is 6.90. The number of hydrogen-bond donors (Lipinski definition) is 0. The summed E-state index contributed by atoms with van der Waals surface area (Å²) in [5.41, 5.74) is 1.89. The summed E-state index contributed by atoms with van der Waals surface area (Å²) in [5.74, 6) is 0.722. The lowest BCUT2D eigenvalue weighted by Crippen LogP contribution is -2.30. The number of methoxy groups -OCH3 is 1. The highest BCUT2D eigenvalue weighted by atomic mass is 127. The number of rotatable bonds is 6. The van der Waals surface area contributed by atoms with Crippen molar-refractivity contribution in [3.63, 3.8) is 0 Å². The van der Waals surface area contributed by atoms with Crippen molar-refractivity contribution in [3.8, 4) is 11.5 Å². The molecule has 6 rings (SSSR count). The van der Waals surface area contributed by atoms with Crippen LogP contribution in [0.25, 0.3) is 0 Å². The minimum Gasteiger partial charge on any atom is -0.493 e. The average Bonchev–Trinajstić information content (AvgIpc) is 3.43. The normalized spacial score (nSPS) is 27.8. The highest BCUT2D eigenvalue weighted by Crippen LogP contribution is 2.73. The quantitative estimate of drug-likeness (QED) is 0.205. The van der Waals surface area contributed by atoms with Gasteiger partial charge in [0.05, 0.1) is 28.7 Å². The van der Waals surface area contributed by atoms with Crippen molar-refractivity contribution in [2.75, 3.05) is 7.11 Å². The Kier molecular flexibility index (Phi) is 5.26. The van der Waals surface area contributed by atoms with Crippen LogP contribution < -0.4 is 9.47 Å². The zero-order chi connectivity index (χ0) is 23.6. The van der Waals surface area contributed by atoms with E-state index < -0.39 is 0 Å². The third kappa shape index (κ3) is 3.31. The lowest BCUT2D eigenvalue weighted by molar-refractivity contribution is -0.141. The fourth-order valence-electron chi connectivity index (χ4n) is 5.99.